The smallest absolute Gasteiger partial charge is 0.323 e. The Morgan fingerprint density at radius 1 is 1.03 bits per heavy atom. The number of fused-ring (bicyclic) bond motifs is 1. The number of rotatable bonds is 6. The zero-order valence-electron chi connectivity index (χ0n) is 18.6. The van der Waals surface area contributed by atoms with Crippen LogP contribution in [0.25, 0.3) is 0 Å². The predicted octanol–water partition coefficient (Wildman–Crippen LogP) is 0.171. The summed E-state index contributed by atoms with van der Waals surface area (Å²) in [5.41, 5.74) is 5.35. The summed E-state index contributed by atoms with van der Waals surface area (Å²) in [4.78, 5) is 44.1. The maximum absolute atomic E-state index is 12.7. The standard InChI is InChI=1S/C19H29N7O5.3ClH/c1-9(30-17(28)10-4-2-6-21-10)14(31-18(29)11-5-3-7-22-11)12-8-23-15-13(24-12)16(27)26-19(20)25-15;;;/h9-12,14,21-22,24H,2-8H2,1H3,(H4,20,23,25,26,27);3*1H. The minimum absolute atomic E-state index is 0. The molecular weight excluding hydrogens is 513 g/mol. The Kier molecular flexibility index (Phi) is 11.7. The van der Waals surface area contributed by atoms with E-state index in [-0.39, 0.29) is 60.9 Å². The molecule has 0 aromatic carbocycles. The monoisotopic (exact) mass is 543 g/mol. The molecule has 0 aliphatic carbocycles. The van der Waals surface area contributed by atoms with E-state index in [1.807, 2.05) is 0 Å². The number of carbonyl (C=O) groups excluding carboxylic acids is 2. The molecule has 3 aliphatic rings. The second kappa shape index (κ2) is 13.2. The molecule has 12 nitrogen and oxygen atoms in total. The summed E-state index contributed by atoms with van der Waals surface area (Å²) in [6, 6.07) is -1.28. The highest BCUT2D eigenvalue weighted by Crippen LogP contribution is 2.25. The summed E-state index contributed by atoms with van der Waals surface area (Å²) >= 11 is 0. The van der Waals surface area contributed by atoms with Crippen LogP contribution in [-0.4, -0.2) is 71.9 Å². The van der Waals surface area contributed by atoms with E-state index in [1.54, 1.807) is 6.92 Å². The van der Waals surface area contributed by atoms with Crippen LogP contribution >= 0.6 is 37.2 Å². The van der Waals surface area contributed by atoms with Gasteiger partial charge in [-0.05, 0) is 45.7 Å². The number of nitrogens with zero attached hydrogens (tertiary/aromatic N) is 1. The number of carbonyl (C=O) groups is 2. The molecule has 15 heteroatoms. The molecule has 5 unspecified atom stereocenters. The summed E-state index contributed by atoms with van der Waals surface area (Å²) in [6.45, 7) is 3.50. The molecule has 0 bridgehead atoms. The van der Waals surface area contributed by atoms with Gasteiger partial charge in [0, 0.05) is 6.54 Å². The highest BCUT2D eigenvalue weighted by Gasteiger charge is 2.39. The molecule has 5 atom stereocenters. The summed E-state index contributed by atoms with van der Waals surface area (Å²) in [6.07, 6.45) is 1.64. The predicted molar refractivity (Wildman–Crippen MR) is 134 cm³/mol. The summed E-state index contributed by atoms with van der Waals surface area (Å²) in [5.74, 6) is -0.458. The molecule has 0 amide bonds. The molecule has 2 fully saturated rings. The second-order valence-corrected chi connectivity index (χ2v) is 8.15. The number of nitrogens with one attached hydrogen (secondary N) is 5. The molecule has 4 heterocycles. The quantitative estimate of drug-likeness (QED) is 0.270. The van der Waals surface area contributed by atoms with Gasteiger partial charge in [0.25, 0.3) is 5.56 Å². The van der Waals surface area contributed by atoms with Gasteiger partial charge in [-0.25, -0.2) is 0 Å². The van der Waals surface area contributed by atoms with Crippen LogP contribution in [0.1, 0.15) is 32.6 Å². The molecule has 7 N–H and O–H groups in total. The van der Waals surface area contributed by atoms with Gasteiger partial charge < -0.3 is 36.5 Å². The van der Waals surface area contributed by atoms with Gasteiger partial charge in [-0.2, -0.15) is 4.98 Å². The number of aromatic nitrogens is 2. The Bertz CT molecular complexity index is 894. The highest BCUT2D eigenvalue weighted by molar-refractivity contribution is 5.86. The third-order valence-corrected chi connectivity index (χ3v) is 5.86. The van der Waals surface area contributed by atoms with Crippen molar-refractivity contribution >= 4 is 66.6 Å². The summed E-state index contributed by atoms with van der Waals surface area (Å²) in [5, 5.41) is 12.3. The van der Waals surface area contributed by atoms with Gasteiger partial charge in [-0.15, -0.1) is 37.2 Å². The molecular formula is C19H32Cl3N7O5. The average molecular weight is 545 g/mol. The molecule has 34 heavy (non-hydrogen) atoms. The van der Waals surface area contributed by atoms with Crippen LogP contribution < -0.4 is 32.6 Å². The van der Waals surface area contributed by atoms with Gasteiger partial charge in [-0.3, -0.25) is 19.4 Å². The Morgan fingerprint density at radius 3 is 2.18 bits per heavy atom. The summed E-state index contributed by atoms with van der Waals surface area (Å²) in [7, 11) is 0. The number of nitrogens with two attached hydrogens (primary N) is 1. The molecule has 0 saturated carbocycles. The number of nitrogen functional groups attached to an aromatic ring is 1. The van der Waals surface area contributed by atoms with E-state index in [2.05, 4.69) is 31.2 Å². The van der Waals surface area contributed by atoms with Crippen molar-refractivity contribution in [1.82, 2.24) is 20.6 Å². The number of esters is 2. The Balaban J connectivity index is 0.00000193. The van der Waals surface area contributed by atoms with Gasteiger partial charge in [0.2, 0.25) is 5.95 Å². The molecule has 3 aliphatic heterocycles. The molecule has 4 rings (SSSR count). The largest absolute Gasteiger partial charge is 0.457 e. The number of halogens is 3. The van der Waals surface area contributed by atoms with Gasteiger partial charge in [0.1, 0.15) is 23.9 Å². The van der Waals surface area contributed by atoms with E-state index in [4.69, 9.17) is 15.2 Å². The van der Waals surface area contributed by atoms with Gasteiger partial charge in [0.05, 0.1) is 6.04 Å². The zero-order valence-corrected chi connectivity index (χ0v) is 21.1. The van der Waals surface area contributed by atoms with E-state index >= 15 is 0 Å². The lowest BCUT2D eigenvalue weighted by Crippen LogP contribution is -2.53. The maximum Gasteiger partial charge on any atom is 0.323 e. The van der Waals surface area contributed by atoms with Crippen molar-refractivity contribution in [3.05, 3.63) is 10.4 Å². The number of hydrogen-bond donors (Lipinski definition) is 6. The first-order valence-corrected chi connectivity index (χ1v) is 10.7. The van der Waals surface area contributed by atoms with Crippen molar-refractivity contribution in [2.24, 2.45) is 0 Å². The fourth-order valence-electron chi connectivity index (χ4n) is 4.22. The number of anilines is 3. The fourth-order valence-corrected chi connectivity index (χ4v) is 4.22. The second-order valence-electron chi connectivity index (χ2n) is 8.15. The molecule has 1 aromatic heterocycles. The lowest BCUT2D eigenvalue weighted by atomic mass is 10.0. The van der Waals surface area contributed by atoms with Crippen LogP contribution in [0.2, 0.25) is 0 Å². The summed E-state index contributed by atoms with van der Waals surface area (Å²) < 4.78 is 11.5. The molecule has 194 valence electrons. The Labute approximate surface area is 215 Å². The lowest BCUT2D eigenvalue weighted by Gasteiger charge is -2.36. The Morgan fingerprint density at radius 2 is 1.62 bits per heavy atom. The van der Waals surface area contributed by atoms with Crippen molar-refractivity contribution < 1.29 is 19.1 Å². The average Bonchev–Trinajstić information content (AvgIpc) is 3.45. The van der Waals surface area contributed by atoms with Crippen molar-refractivity contribution in [3.8, 4) is 0 Å². The van der Waals surface area contributed by atoms with Gasteiger partial charge in [0.15, 0.2) is 11.9 Å². The van der Waals surface area contributed by atoms with Crippen LogP contribution in [0.4, 0.5) is 17.5 Å². The maximum atomic E-state index is 12.7. The van der Waals surface area contributed by atoms with E-state index in [1.165, 1.54) is 0 Å². The fraction of sp³-hybridized carbons (Fsp3) is 0.684. The van der Waals surface area contributed by atoms with Crippen molar-refractivity contribution in [3.63, 3.8) is 0 Å². The highest BCUT2D eigenvalue weighted by atomic mass is 35.5. The van der Waals surface area contributed by atoms with Gasteiger partial charge in [-0.1, -0.05) is 0 Å². The molecule has 0 radical (unpaired) electrons. The molecule has 2 saturated heterocycles. The minimum Gasteiger partial charge on any atom is -0.457 e. The van der Waals surface area contributed by atoms with E-state index in [9.17, 15) is 14.4 Å². The van der Waals surface area contributed by atoms with Crippen LogP contribution in [0.3, 0.4) is 0 Å². The van der Waals surface area contributed by atoms with Crippen LogP contribution in [0.5, 0.6) is 0 Å². The van der Waals surface area contributed by atoms with Crippen LogP contribution in [0.15, 0.2) is 4.79 Å². The Hall–Kier alpha value is -1.99. The first-order valence-electron chi connectivity index (χ1n) is 10.7. The molecule has 0 spiro atoms. The zero-order chi connectivity index (χ0) is 22.0. The van der Waals surface area contributed by atoms with Crippen molar-refractivity contribution in [2.45, 2.75) is 62.9 Å². The third kappa shape index (κ3) is 6.79. The number of aromatic amines is 1. The van der Waals surface area contributed by atoms with E-state index in [0.717, 1.165) is 25.9 Å². The first-order chi connectivity index (χ1) is 14.9. The van der Waals surface area contributed by atoms with E-state index < -0.39 is 35.8 Å². The third-order valence-electron chi connectivity index (χ3n) is 5.86. The SMILES string of the molecule is CC(OC(=O)C1CCCN1)C(OC(=O)C1CCCN1)C1CNc2nc(N)[nH]c(=O)c2N1.Cl.Cl.Cl. The number of ether oxygens (including phenoxy) is 2. The topological polar surface area (TPSA) is 172 Å². The minimum atomic E-state index is -0.821. The molecule has 1 aromatic rings. The lowest BCUT2D eigenvalue weighted by molar-refractivity contribution is -0.170. The van der Waals surface area contributed by atoms with Crippen molar-refractivity contribution in [2.75, 3.05) is 36.0 Å². The van der Waals surface area contributed by atoms with Gasteiger partial charge >= 0.3 is 11.9 Å². The van der Waals surface area contributed by atoms with Crippen LogP contribution in [0, 0.1) is 0 Å². The van der Waals surface area contributed by atoms with E-state index in [0.29, 0.717) is 25.2 Å². The first kappa shape index (κ1) is 30.0. The number of hydrogen-bond acceptors (Lipinski definition) is 11. The number of H-pyrrole nitrogens is 1. The van der Waals surface area contributed by atoms with Crippen molar-refractivity contribution in [1.29, 1.82) is 0 Å². The normalized spacial score (nSPS) is 24.4. The van der Waals surface area contributed by atoms with Crippen LogP contribution in [-0.2, 0) is 19.1 Å².